The van der Waals surface area contributed by atoms with Crippen LogP contribution in [0.5, 0.6) is 0 Å². The van der Waals surface area contributed by atoms with Gasteiger partial charge in [-0.05, 0) is 69.0 Å². The maximum absolute atomic E-state index is 13.3. The number of halogens is 1. The van der Waals surface area contributed by atoms with Gasteiger partial charge in [-0.15, -0.1) is 5.10 Å². The minimum absolute atomic E-state index is 0.0954. The lowest BCUT2D eigenvalue weighted by molar-refractivity contribution is 0.202. The lowest BCUT2D eigenvalue weighted by Crippen LogP contribution is -2.32. The predicted octanol–water partition coefficient (Wildman–Crippen LogP) is 3.56. The number of hydrogen-bond donors (Lipinski definition) is 0. The quantitative estimate of drug-likeness (QED) is 0.467. The Morgan fingerprint density at radius 1 is 1.06 bits per heavy atom. The van der Waals surface area contributed by atoms with Gasteiger partial charge in [0.25, 0.3) is 0 Å². The van der Waals surface area contributed by atoms with E-state index < -0.39 is 15.8 Å². The maximum Gasteiger partial charge on any atom is 0.213 e. The second kappa shape index (κ2) is 10.1. The van der Waals surface area contributed by atoms with Crippen LogP contribution in [0.1, 0.15) is 55.1 Å². The number of aromatic nitrogens is 4. The second-order valence-electron chi connectivity index (χ2n) is 9.01. The van der Waals surface area contributed by atoms with Crippen LogP contribution in [0.4, 0.5) is 4.39 Å². The van der Waals surface area contributed by atoms with E-state index in [9.17, 15) is 12.8 Å². The molecule has 0 atom stereocenters. The number of hydrogen-bond acceptors (Lipinski definition) is 6. The Hall–Kier alpha value is -2.65. The fraction of sp³-hybridized carbons (Fsp3) is 0.458. The molecule has 1 aliphatic heterocycles. The zero-order valence-electron chi connectivity index (χ0n) is 19.1. The highest BCUT2D eigenvalue weighted by molar-refractivity contribution is 7.91. The van der Waals surface area contributed by atoms with Gasteiger partial charge in [0.1, 0.15) is 0 Å². The Morgan fingerprint density at radius 2 is 1.82 bits per heavy atom. The van der Waals surface area contributed by atoms with Gasteiger partial charge >= 0.3 is 0 Å². The molecule has 0 bridgehead atoms. The van der Waals surface area contributed by atoms with Crippen LogP contribution in [0.2, 0.25) is 0 Å². The van der Waals surface area contributed by atoms with E-state index in [2.05, 4.69) is 32.3 Å². The van der Waals surface area contributed by atoms with Crippen LogP contribution in [-0.2, 0) is 28.7 Å². The van der Waals surface area contributed by atoms with Crippen molar-refractivity contribution in [2.24, 2.45) is 0 Å². The lowest BCUT2D eigenvalue weighted by Gasteiger charge is -2.31. The fourth-order valence-corrected chi connectivity index (χ4v) is 5.16. The van der Waals surface area contributed by atoms with Crippen molar-refractivity contribution in [3.05, 3.63) is 77.1 Å². The minimum atomic E-state index is -3.11. The first-order valence-electron chi connectivity index (χ1n) is 11.3. The zero-order valence-corrected chi connectivity index (χ0v) is 19.9. The molecule has 176 valence electrons. The van der Waals surface area contributed by atoms with Crippen molar-refractivity contribution in [1.29, 1.82) is 0 Å². The summed E-state index contributed by atoms with van der Waals surface area (Å²) in [6.07, 6.45) is 3.92. The Kier molecular flexibility index (Phi) is 7.19. The molecule has 9 heteroatoms. The van der Waals surface area contributed by atoms with E-state index in [1.165, 1.54) is 11.6 Å². The van der Waals surface area contributed by atoms with E-state index in [1.54, 1.807) is 30.7 Å². The molecular weight excluding hydrogens is 441 g/mol. The number of pyridine rings is 1. The number of nitrogens with zero attached hydrogens (tertiary/aromatic N) is 5. The van der Waals surface area contributed by atoms with Crippen LogP contribution < -0.4 is 0 Å². The number of likely N-dealkylation sites (tertiary alicyclic amines) is 1. The molecule has 0 aliphatic carbocycles. The lowest BCUT2D eigenvalue weighted by atomic mass is 9.88. The van der Waals surface area contributed by atoms with E-state index in [0.717, 1.165) is 43.7 Å². The molecular formula is C24H30FN5O2S. The summed E-state index contributed by atoms with van der Waals surface area (Å²) in [5.74, 6) is 0.0264. The fourth-order valence-electron chi connectivity index (χ4n) is 4.18. The topological polar surface area (TPSA) is 81.0 Å². The van der Waals surface area contributed by atoms with Crippen molar-refractivity contribution in [3.63, 3.8) is 0 Å². The predicted molar refractivity (Wildman–Crippen MR) is 125 cm³/mol. The third-order valence-corrected chi connectivity index (χ3v) is 8.34. The van der Waals surface area contributed by atoms with Gasteiger partial charge in [-0.2, -0.15) is 4.39 Å². The molecule has 0 saturated carbocycles. The Bertz CT molecular complexity index is 1190. The van der Waals surface area contributed by atoms with Crippen LogP contribution in [-0.4, -0.2) is 51.6 Å². The van der Waals surface area contributed by atoms with E-state index in [4.69, 9.17) is 0 Å². The monoisotopic (exact) mass is 471 g/mol. The van der Waals surface area contributed by atoms with Crippen molar-refractivity contribution >= 4 is 9.84 Å². The summed E-state index contributed by atoms with van der Waals surface area (Å²) in [7, 11) is -3.11. The van der Waals surface area contributed by atoms with Gasteiger partial charge in [-0.25, -0.2) is 18.1 Å². The van der Waals surface area contributed by atoms with Gasteiger partial charge < -0.3 is 0 Å². The van der Waals surface area contributed by atoms with Crippen LogP contribution in [0.3, 0.4) is 0 Å². The molecule has 1 fully saturated rings. The van der Waals surface area contributed by atoms with E-state index in [0.29, 0.717) is 18.2 Å². The summed E-state index contributed by atoms with van der Waals surface area (Å²) in [5.41, 5.74) is 3.58. The normalized spacial score (nSPS) is 15.9. The maximum atomic E-state index is 13.3. The molecule has 0 amide bonds. The van der Waals surface area contributed by atoms with E-state index in [1.807, 2.05) is 18.3 Å². The Morgan fingerprint density at radius 3 is 2.55 bits per heavy atom. The molecule has 3 heterocycles. The van der Waals surface area contributed by atoms with Crippen LogP contribution in [0.25, 0.3) is 0 Å². The van der Waals surface area contributed by atoms with Gasteiger partial charge in [-0.1, -0.05) is 35.5 Å². The number of rotatable bonds is 8. The van der Waals surface area contributed by atoms with Crippen molar-refractivity contribution in [1.82, 2.24) is 24.9 Å². The Balaban J connectivity index is 1.31. The summed E-state index contributed by atoms with van der Waals surface area (Å²) in [4.78, 5) is 6.23. The highest BCUT2D eigenvalue weighted by atomic mass is 32.2. The zero-order chi connectivity index (χ0) is 23.4. The highest BCUT2D eigenvalue weighted by Crippen LogP contribution is 2.29. The molecule has 1 aliphatic rings. The SMILES string of the molecule is CC(C)S(=O)(=O)Cc1cccc(C2CCN(Cc3cn(Cc4cccc(F)n4)nn3)CC2)c1. The molecule has 0 spiro atoms. The summed E-state index contributed by atoms with van der Waals surface area (Å²) >= 11 is 0. The first kappa shape index (κ1) is 23.5. The van der Waals surface area contributed by atoms with Crippen molar-refractivity contribution in [2.45, 2.75) is 56.7 Å². The summed E-state index contributed by atoms with van der Waals surface area (Å²) in [6.45, 7) is 6.44. The molecule has 0 radical (unpaired) electrons. The van der Waals surface area contributed by atoms with Gasteiger partial charge in [0.05, 0.1) is 35.1 Å². The van der Waals surface area contributed by atoms with Crippen molar-refractivity contribution in [3.8, 4) is 0 Å². The third kappa shape index (κ3) is 6.23. The molecule has 1 aromatic carbocycles. The van der Waals surface area contributed by atoms with Crippen LogP contribution in [0.15, 0.2) is 48.7 Å². The van der Waals surface area contributed by atoms with Gasteiger partial charge in [0, 0.05) is 6.54 Å². The van der Waals surface area contributed by atoms with Crippen molar-refractivity contribution in [2.75, 3.05) is 13.1 Å². The summed E-state index contributed by atoms with van der Waals surface area (Å²) < 4.78 is 39.5. The average molecular weight is 472 g/mol. The summed E-state index contributed by atoms with van der Waals surface area (Å²) in [6, 6.07) is 12.8. The molecule has 0 N–H and O–H groups in total. The third-order valence-electron chi connectivity index (χ3n) is 6.16. The molecule has 0 unspecified atom stereocenters. The van der Waals surface area contributed by atoms with Crippen molar-refractivity contribution < 1.29 is 12.8 Å². The molecule has 1 saturated heterocycles. The summed E-state index contributed by atoms with van der Waals surface area (Å²) in [5, 5.41) is 8.04. The number of benzene rings is 1. The standard InChI is InChI=1S/C24H30FN5O2S/c1-18(2)33(31,32)17-19-5-3-6-21(13-19)20-9-11-29(12-10-20)14-23-16-30(28-27-23)15-22-7-4-8-24(25)26-22/h3-8,13,16,18,20H,9-12,14-15,17H2,1-2H3. The first-order chi connectivity index (χ1) is 15.8. The van der Waals surface area contributed by atoms with Crippen LogP contribution in [0, 0.1) is 5.95 Å². The molecule has 33 heavy (non-hydrogen) atoms. The average Bonchev–Trinajstić information content (AvgIpc) is 3.20. The second-order valence-corrected chi connectivity index (χ2v) is 11.6. The van der Waals surface area contributed by atoms with Gasteiger partial charge in [0.15, 0.2) is 9.84 Å². The van der Waals surface area contributed by atoms with Gasteiger partial charge in [-0.3, -0.25) is 4.90 Å². The van der Waals surface area contributed by atoms with Gasteiger partial charge in [0.2, 0.25) is 5.95 Å². The minimum Gasteiger partial charge on any atom is -0.297 e. The van der Waals surface area contributed by atoms with Crippen LogP contribution >= 0.6 is 0 Å². The number of piperidine rings is 1. The molecule has 3 aromatic rings. The highest BCUT2D eigenvalue weighted by Gasteiger charge is 2.23. The van der Waals surface area contributed by atoms with E-state index in [-0.39, 0.29) is 11.0 Å². The molecule has 7 nitrogen and oxygen atoms in total. The Labute approximate surface area is 194 Å². The largest absolute Gasteiger partial charge is 0.297 e. The smallest absolute Gasteiger partial charge is 0.213 e. The number of sulfone groups is 1. The molecule has 2 aromatic heterocycles. The van der Waals surface area contributed by atoms with E-state index >= 15 is 0 Å². The molecule has 4 rings (SSSR count). The first-order valence-corrected chi connectivity index (χ1v) is 13.0.